The highest BCUT2D eigenvalue weighted by Crippen LogP contribution is 2.20. The van der Waals surface area contributed by atoms with E-state index in [2.05, 4.69) is 16.0 Å². The predicted octanol–water partition coefficient (Wildman–Crippen LogP) is 1.38. The highest BCUT2D eigenvalue weighted by Gasteiger charge is 2.14. The van der Waals surface area contributed by atoms with Crippen molar-refractivity contribution in [3.05, 3.63) is 41.9 Å². The number of imidazole rings is 1. The maximum Gasteiger partial charge on any atom is 0.147 e. The average molecular weight is 304 g/mol. The van der Waals surface area contributed by atoms with Gasteiger partial charge in [-0.25, -0.2) is 13.4 Å². The molecule has 0 radical (unpaired) electrons. The third-order valence-corrected chi connectivity index (χ3v) is 4.03. The molecule has 0 saturated carbocycles. The molecule has 1 atom stereocenters. The molecule has 2 rings (SSSR count). The molecular weight excluding hydrogens is 288 g/mol. The van der Waals surface area contributed by atoms with Crippen molar-refractivity contribution >= 4 is 9.84 Å². The van der Waals surface area contributed by atoms with E-state index in [1.165, 1.54) is 6.26 Å². The fraction of sp³-hybridized carbons (Fsp3) is 0.286. The Morgan fingerprint density at radius 2 is 2.24 bits per heavy atom. The van der Waals surface area contributed by atoms with Gasteiger partial charge < -0.3 is 10.7 Å². The molecule has 0 saturated heterocycles. The van der Waals surface area contributed by atoms with Gasteiger partial charge >= 0.3 is 0 Å². The number of aromatic nitrogens is 2. The van der Waals surface area contributed by atoms with Crippen molar-refractivity contribution < 1.29 is 8.42 Å². The number of nitrogens with two attached hydrogens (primary N) is 1. The largest absolute Gasteiger partial charge is 0.341 e. The highest BCUT2D eigenvalue weighted by molar-refractivity contribution is 7.90. The van der Waals surface area contributed by atoms with Crippen LogP contribution in [0.5, 0.6) is 0 Å². The number of nitrogens with one attached hydrogen (secondary N) is 1. The quantitative estimate of drug-likeness (QED) is 0.866. The lowest BCUT2D eigenvalue weighted by atomic mass is 10.1. The Labute approximate surface area is 123 Å². The molecule has 2 aromatic rings. The number of nitriles is 1. The van der Waals surface area contributed by atoms with Crippen molar-refractivity contribution in [2.75, 3.05) is 12.0 Å². The summed E-state index contributed by atoms with van der Waals surface area (Å²) in [5.74, 6) is 0.560. The van der Waals surface area contributed by atoms with Gasteiger partial charge in [0, 0.05) is 11.8 Å². The van der Waals surface area contributed by atoms with E-state index >= 15 is 0 Å². The number of aromatic amines is 1. The summed E-state index contributed by atoms with van der Waals surface area (Å²) >= 11 is 0. The zero-order valence-electron chi connectivity index (χ0n) is 11.6. The Morgan fingerprint density at radius 3 is 2.90 bits per heavy atom. The number of H-pyrrole nitrogens is 1. The topological polar surface area (TPSA) is 113 Å². The number of hydrogen-bond acceptors (Lipinski definition) is 5. The molecule has 0 aliphatic carbocycles. The monoisotopic (exact) mass is 304 g/mol. The first-order valence-electron chi connectivity index (χ1n) is 6.38. The van der Waals surface area contributed by atoms with Crippen LogP contribution >= 0.6 is 0 Å². The molecule has 1 unspecified atom stereocenters. The van der Waals surface area contributed by atoms with Crippen LogP contribution in [0.15, 0.2) is 30.5 Å². The van der Waals surface area contributed by atoms with Crippen LogP contribution in [0.2, 0.25) is 0 Å². The SMILES string of the molecule is CS(=O)(=O)CCC(N)c1ncc(-c2cccc(C#N)c2)[nH]1. The molecular formula is C14H16N4O2S. The molecule has 0 amide bonds. The van der Waals surface area contributed by atoms with Gasteiger partial charge in [0.1, 0.15) is 15.7 Å². The van der Waals surface area contributed by atoms with Crippen molar-refractivity contribution in [2.24, 2.45) is 5.73 Å². The van der Waals surface area contributed by atoms with Crippen LogP contribution in [0, 0.1) is 11.3 Å². The Morgan fingerprint density at radius 1 is 1.48 bits per heavy atom. The molecule has 6 nitrogen and oxygen atoms in total. The second kappa shape index (κ2) is 6.08. The summed E-state index contributed by atoms with van der Waals surface area (Å²) in [5, 5.41) is 8.90. The van der Waals surface area contributed by atoms with E-state index in [9.17, 15) is 8.42 Å². The van der Waals surface area contributed by atoms with Crippen LogP contribution in [-0.2, 0) is 9.84 Å². The summed E-state index contributed by atoms with van der Waals surface area (Å²) in [4.78, 5) is 7.27. The predicted molar refractivity (Wildman–Crippen MR) is 80.0 cm³/mol. The van der Waals surface area contributed by atoms with Gasteiger partial charge in [-0.1, -0.05) is 12.1 Å². The first-order valence-corrected chi connectivity index (χ1v) is 8.44. The molecule has 0 bridgehead atoms. The van der Waals surface area contributed by atoms with Crippen LogP contribution in [0.3, 0.4) is 0 Å². The molecule has 110 valence electrons. The van der Waals surface area contributed by atoms with Crippen LogP contribution in [0.4, 0.5) is 0 Å². The summed E-state index contributed by atoms with van der Waals surface area (Å²) in [6.07, 6.45) is 3.12. The van der Waals surface area contributed by atoms with Crippen molar-refractivity contribution in [2.45, 2.75) is 12.5 Å². The molecule has 7 heteroatoms. The molecule has 0 fully saturated rings. The lowest BCUT2D eigenvalue weighted by Gasteiger charge is -2.07. The maximum atomic E-state index is 11.1. The standard InChI is InChI=1S/C14H16N4O2S/c1-21(19,20)6-5-12(16)14-17-9-13(18-14)11-4-2-3-10(7-11)8-15/h2-4,7,9,12H,5-6,16H2,1H3,(H,17,18). The molecule has 21 heavy (non-hydrogen) atoms. The van der Waals surface area contributed by atoms with E-state index in [4.69, 9.17) is 11.0 Å². The van der Waals surface area contributed by atoms with Crippen LogP contribution in [0.25, 0.3) is 11.3 Å². The fourth-order valence-corrected chi connectivity index (χ4v) is 2.59. The third kappa shape index (κ3) is 4.15. The average Bonchev–Trinajstić information content (AvgIpc) is 2.94. The van der Waals surface area contributed by atoms with Gasteiger partial charge in [0.2, 0.25) is 0 Å². The minimum atomic E-state index is -3.04. The van der Waals surface area contributed by atoms with Gasteiger partial charge in [-0.3, -0.25) is 0 Å². The Hall–Kier alpha value is -2.17. The highest BCUT2D eigenvalue weighted by atomic mass is 32.2. The van der Waals surface area contributed by atoms with Crippen LogP contribution < -0.4 is 5.73 Å². The van der Waals surface area contributed by atoms with Gasteiger partial charge in [0.15, 0.2) is 0 Å². The molecule has 0 spiro atoms. The van der Waals surface area contributed by atoms with E-state index in [0.717, 1.165) is 11.3 Å². The minimum Gasteiger partial charge on any atom is -0.341 e. The molecule has 0 aliphatic heterocycles. The van der Waals surface area contributed by atoms with E-state index in [0.29, 0.717) is 17.8 Å². The second-order valence-electron chi connectivity index (χ2n) is 4.90. The molecule has 3 N–H and O–H groups in total. The van der Waals surface area contributed by atoms with Gasteiger partial charge in [-0.2, -0.15) is 5.26 Å². The van der Waals surface area contributed by atoms with Crippen molar-refractivity contribution in [1.82, 2.24) is 9.97 Å². The second-order valence-corrected chi connectivity index (χ2v) is 7.16. The van der Waals surface area contributed by atoms with Gasteiger partial charge in [0.25, 0.3) is 0 Å². The minimum absolute atomic E-state index is 0.0219. The zero-order valence-corrected chi connectivity index (χ0v) is 12.4. The Bertz CT molecular complexity index is 774. The summed E-state index contributed by atoms with van der Waals surface area (Å²) < 4.78 is 22.3. The number of hydrogen-bond donors (Lipinski definition) is 2. The van der Waals surface area contributed by atoms with Crippen molar-refractivity contribution in [3.63, 3.8) is 0 Å². The third-order valence-electron chi connectivity index (χ3n) is 3.05. The summed E-state index contributed by atoms with van der Waals surface area (Å²) in [6.45, 7) is 0. The number of sulfone groups is 1. The zero-order chi connectivity index (χ0) is 15.5. The van der Waals surface area contributed by atoms with Gasteiger partial charge in [-0.05, 0) is 18.6 Å². The number of rotatable bonds is 5. The number of nitrogens with zero attached hydrogens (tertiary/aromatic N) is 2. The van der Waals surface area contributed by atoms with Gasteiger partial charge in [0.05, 0.1) is 35.3 Å². The Balaban J connectivity index is 2.16. The Kier molecular flexibility index (Phi) is 4.40. The smallest absolute Gasteiger partial charge is 0.147 e. The van der Waals surface area contributed by atoms with E-state index in [-0.39, 0.29) is 5.75 Å². The van der Waals surface area contributed by atoms with Crippen LogP contribution in [-0.4, -0.2) is 30.4 Å². The molecule has 1 heterocycles. The first kappa shape index (κ1) is 15.2. The van der Waals surface area contributed by atoms with E-state index in [1.807, 2.05) is 6.07 Å². The summed E-state index contributed by atoms with van der Waals surface area (Å²) in [5.41, 5.74) is 8.08. The first-order chi connectivity index (χ1) is 9.89. The van der Waals surface area contributed by atoms with E-state index in [1.54, 1.807) is 24.4 Å². The summed E-state index contributed by atoms with van der Waals surface area (Å²) in [6, 6.07) is 8.73. The number of benzene rings is 1. The van der Waals surface area contributed by atoms with Gasteiger partial charge in [-0.15, -0.1) is 0 Å². The lowest BCUT2D eigenvalue weighted by molar-refractivity contribution is 0.588. The molecule has 0 aliphatic rings. The molecule has 1 aromatic carbocycles. The lowest BCUT2D eigenvalue weighted by Crippen LogP contribution is -2.16. The summed E-state index contributed by atoms with van der Waals surface area (Å²) in [7, 11) is -3.04. The van der Waals surface area contributed by atoms with Crippen LogP contribution in [0.1, 0.15) is 23.9 Å². The van der Waals surface area contributed by atoms with Crippen molar-refractivity contribution in [1.29, 1.82) is 5.26 Å². The fourth-order valence-electron chi connectivity index (χ4n) is 1.91. The normalized spacial score (nSPS) is 12.8. The molecule has 1 aromatic heterocycles. The maximum absolute atomic E-state index is 11.1. The van der Waals surface area contributed by atoms with E-state index < -0.39 is 15.9 Å². The van der Waals surface area contributed by atoms with Crippen molar-refractivity contribution in [3.8, 4) is 17.3 Å².